The van der Waals surface area contributed by atoms with Crippen molar-refractivity contribution in [3.63, 3.8) is 0 Å². The molecule has 0 saturated heterocycles. The monoisotopic (exact) mass is 479 g/mol. The molecule has 0 aliphatic rings. The summed E-state index contributed by atoms with van der Waals surface area (Å²) in [5.74, 6) is 0.572. The van der Waals surface area contributed by atoms with Crippen molar-refractivity contribution in [1.29, 1.82) is 0 Å². The third-order valence-electron chi connectivity index (χ3n) is 5.72. The van der Waals surface area contributed by atoms with Gasteiger partial charge in [0.2, 0.25) is 0 Å². The van der Waals surface area contributed by atoms with Gasteiger partial charge in [-0.3, -0.25) is 9.69 Å². The Bertz CT molecular complexity index is 1060. The van der Waals surface area contributed by atoms with E-state index in [1.165, 1.54) is 5.56 Å². The van der Waals surface area contributed by atoms with Crippen LogP contribution in [0.25, 0.3) is 0 Å². The maximum absolute atomic E-state index is 13.0. The van der Waals surface area contributed by atoms with Gasteiger partial charge in [0.25, 0.3) is 0 Å². The number of hydrogen-bond acceptors (Lipinski definition) is 4. The van der Waals surface area contributed by atoms with E-state index in [1.807, 2.05) is 75.4 Å². The molecule has 0 aromatic heterocycles. The molecule has 2 atom stereocenters. The highest BCUT2D eigenvalue weighted by molar-refractivity contribution is 6.30. The van der Waals surface area contributed by atoms with E-state index in [4.69, 9.17) is 21.1 Å². The lowest BCUT2D eigenvalue weighted by atomic mass is 9.96. The van der Waals surface area contributed by atoms with Gasteiger partial charge in [-0.2, -0.15) is 0 Å². The van der Waals surface area contributed by atoms with Crippen molar-refractivity contribution in [3.8, 4) is 5.75 Å². The van der Waals surface area contributed by atoms with Crippen LogP contribution < -0.4 is 4.74 Å². The van der Waals surface area contributed by atoms with Gasteiger partial charge < -0.3 is 9.47 Å². The van der Waals surface area contributed by atoms with E-state index in [0.29, 0.717) is 11.6 Å². The number of esters is 1. The summed E-state index contributed by atoms with van der Waals surface area (Å²) >= 11 is 6.38. The number of halogens is 1. The molecule has 0 heterocycles. The summed E-state index contributed by atoms with van der Waals surface area (Å²) < 4.78 is 11.1. The SMILES string of the molecule is COc1ccc([C@@H](C)N(Cc2ccccc2)[C@@H](CC(=O)OC(C)(C)C)c2cccc(Cl)c2)cc1. The lowest BCUT2D eigenvalue weighted by Gasteiger charge is -2.37. The molecule has 34 heavy (non-hydrogen) atoms. The highest BCUT2D eigenvalue weighted by Crippen LogP contribution is 2.36. The molecule has 0 aliphatic carbocycles. The Labute approximate surface area is 208 Å². The summed E-state index contributed by atoms with van der Waals surface area (Å²) in [5.41, 5.74) is 2.73. The summed E-state index contributed by atoms with van der Waals surface area (Å²) in [5, 5.41) is 0.642. The van der Waals surface area contributed by atoms with Gasteiger partial charge in [-0.25, -0.2) is 0 Å². The Morgan fingerprint density at radius 1 is 0.941 bits per heavy atom. The fourth-order valence-electron chi connectivity index (χ4n) is 4.07. The summed E-state index contributed by atoms with van der Waals surface area (Å²) in [7, 11) is 1.66. The predicted octanol–water partition coefficient (Wildman–Crippen LogP) is 7.38. The molecule has 4 nitrogen and oxygen atoms in total. The number of hydrogen-bond donors (Lipinski definition) is 0. The number of carbonyl (C=O) groups is 1. The molecule has 3 rings (SSSR count). The number of carbonyl (C=O) groups excluding carboxylic acids is 1. The van der Waals surface area contributed by atoms with Crippen LogP contribution in [0.3, 0.4) is 0 Å². The van der Waals surface area contributed by atoms with Crippen LogP contribution in [0.5, 0.6) is 5.75 Å². The van der Waals surface area contributed by atoms with Crippen LogP contribution >= 0.6 is 11.6 Å². The third kappa shape index (κ3) is 7.34. The summed E-state index contributed by atoms with van der Waals surface area (Å²) in [6.07, 6.45) is 0.213. The lowest BCUT2D eigenvalue weighted by Crippen LogP contribution is -2.34. The van der Waals surface area contributed by atoms with E-state index in [2.05, 4.69) is 36.1 Å². The van der Waals surface area contributed by atoms with Crippen molar-refractivity contribution in [1.82, 2.24) is 4.90 Å². The van der Waals surface area contributed by atoms with Gasteiger partial charge in [-0.1, -0.05) is 66.2 Å². The first-order valence-corrected chi connectivity index (χ1v) is 11.9. The molecule has 0 fully saturated rings. The molecule has 0 amide bonds. The predicted molar refractivity (Wildman–Crippen MR) is 138 cm³/mol. The average molecular weight is 480 g/mol. The van der Waals surface area contributed by atoms with Crippen molar-refractivity contribution >= 4 is 17.6 Å². The fourth-order valence-corrected chi connectivity index (χ4v) is 4.27. The Kier molecular flexibility index (Phi) is 8.76. The number of methoxy groups -OCH3 is 1. The number of ether oxygens (including phenoxy) is 2. The number of benzene rings is 3. The molecule has 5 heteroatoms. The van der Waals surface area contributed by atoms with Crippen LogP contribution in [0.15, 0.2) is 78.9 Å². The first-order chi connectivity index (χ1) is 16.2. The molecule has 0 saturated carbocycles. The lowest BCUT2D eigenvalue weighted by molar-refractivity contribution is -0.156. The minimum absolute atomic E-state index is 0.0116. The molecule has 3 aromatic carbocycles. The van der Waals surface area contributed by atoms with Crippen LogP contribution in [0, 0.1) is 0 Å². The van der Waals surface area contributed by atoms with Crippen molar-refractivity contribution in [2.24, 2.45) is 0 Å². The average Bonchev–Trinajstić information content (AvgIpc) is 2.80. The first kappa shape index (κ1) is 25.8. The van der Waals surface area contributed by atoms with Gasteiger partial charge in [0.05, 0.1) is 13.5 Å². The van der Waals surface area contributed by atoms with Gasteiger partial charge in [0.15, 0.2) is 0 Å². The molecule has 180 valence electrons. The zero-order valence-electron chi connectivity index (χ0n) is 20.6. The van der Waals surface area contributed by atoms with E-state index in [0.717, 1.165) is 16.9 Å². The van der Waals surface area contributed by atoms with Gasteiger partial charge in [-0.05, 0) is 68.7 Å². The molecule has 0 aliphatic heterocycles. The molecule has 0 N–H and O–H groups in total. The Morgan fingerprint density at radius 2 is 1.62 bits per heavy atom. The minimum atomic E-state index is -0.554. The van der Waals surface area contributed by atoms with Gasteiger partial charge in [0.1, 0.15) is 11.4 Å². The van der Waals surface area contributed by atoms with Crippen LogP contribution in [-0.4, -0.2) is 23.6 Å². The first-order valence-electron chi connectivity index (χ1n) is 11.6. The van der Waals surface area contributed by atoms with E-state index in [-0.39, 0.29) is 24.5 Å². The van der Waals surface area contributed by atoms with E-state index in [1.54, 1.807) is 7.11 Å². The quantitative estimate of drug-likeness (QED) is 0.300. The smallest absolute Gasteiger partial charge is 0.308 e. The molecule has 3 aromatic rings. The van der Waals surface area contributed by atoms with Crippen LogP contribution in [0.2, 0.25) is 5.02 Å². The van der Waals surface area contributed by atoms with Gasteiger partial charge in [-0.15, -0.1) is 0 Å². The highest BCUT2D eigenvalue weighted by atomic mass is 35.5. The summed E-state index contributed by atoms with van der Waals surface area (Å²) in [6, 6.07) is 25.9. The van der Waals surface area contributed by atoms with E-state index in [9.17, 15) is 4.79 Å². The Hall–Kier alpha value is -2.82. The zero-order valence-corrected chi connectivity index (χ0v) is 21.4. The largest absolute Gasteiger partial charge is 0.497 e. The third-order valence-corrected chi connectivity index (χ3v) is 5.95. The van der Waals surface area contributed by atoms with Crippen LogP contribution in [-0.2, 0) is 16.1 Å². The van der Waals surface area contributed by atoms with Gasteiger partial charge >= 0.3 is 5.97 Å². The Morgan fingerprint density at radius 3 is 2.21 bits per heavy atom. The second kappa shape index (κ2) is 11.5. The molecule has 0 radical (unpaired) electrons. The maximum Gasteiger partial charge on any atom is 0.308 e. The normalized spacial score (nSPS) is 13.4. The molecule has 0 bridgehead atoms. The van der Waals surface area contributed by atoms with E-state index < -0.39 is 5.60 Å². The Balaban J connectivity index is 2.04. The van der Waals surface area contributed by atoms with Crippen molar-refractivity contribution in [3.05, 3.63) is 101 Å². The minimum Gasteiger partial charge on any atom is -0.497 e. The highest BCUT2D eigenvalue weighted by Gasteiger charge is 2.30. The van der Waals surface area contributed by atoms with Crippen LogP contribution in [0.4, 0.5) is 0 Å². The van der Waals surface area contributed by atoms with Crippen molar-refractivity contribution in [2.45, 2.75) is 58.3 Å². The summed E-state index contributed by atoms with van der Waals surface area (Å²) in [6.45, 7) is 8.49. The maximum atomic E-state index is 13.0. The number of rotatable bonds is 9. The van der Waals surface area contributed by atoms with E-state index >= 15 is 0 Å². The van der Waals surface area contributed by atoms with Crippen molar-refractivity contribution in [2.75, 3.05) is 7.11 Å². The van der Waals surface area contributed by atoms with Gasteiger partial charge in [0, 0.05) is 23.7 Å². The topological polar surface area (TPSA) is 38.8 Å². The number of nitrogens with zero attached hydrogens (tertiary/aromatic N) is 1. The molecule has 0 spiro atoms. The fraction of sp³-hybridized carbons (Fsp3) is 0.345. The molecular weight excluding hydrogens is 446 g/mol. The second-order valence-corrected chi connectivity index (χ2v) is 9.90. The van der Waals surface area contributed by atoms with Crippen LogP contribution in [0.1, 0.15) is 62.9 Å². The zero-order chi connectivity index (χ0) is 24.7. The van der Waals surface area contributed by atoms with Crippen molar-refractivity contribution < 1.29 is 14.3 Å². The second-order valence-electron chi connectivity index (χ2n) is 9.47. The molecule has 0 unspecified atom stereocenters. The summed E-state index contributed by atoms with van der Waals surface area (Å²) in [4.78, 5) is 15.4. The molecular formula is C29H34ClNO3. The standard InChI is InChI=1S/C29H34ClNO3/c1-21(23-14-16-26(33-5)17-15-23)31(20-22-10-7-6-8-11-22)27(19-28(32)34-29(2,3)4)24-12-9-13-25(30)18-24/h6-18,21,27H,19-20H2,1-5H3/t21-,27+/m1/s1.